The fraction of sp³-hybridized carbons (Fsp3) is 0.739. The molecular weight excluding hydrogens is 276 g/mol. The second-order valence-corrected chi connectivity index (χ2v) is 7.19. The Morgan fingerprint density at radius 3 is 1.83 bits per heavy atom. The molecule has 0 N–H and O–H groups in total. The maximum absolute atomic E-state index is 3.36. The summed E-state index contributed by atoms with van der Waals surface area (Å²) in [6.45, 7) is 14.4. The molecule has 1 saturated carbocycles. The van der Waals surface area contributed by atoms with Crippen LogP contribution in [-0.4, -0.2) is 0 Å². The Hall–Kier alpha value is -0.780. The molecule has 0 aliphatic heterocycles. The molecule has 0 aromatic carbocycles. The molecule has 0 heteroatoms. The Morgan fingerprint density at radius 1 is 0.913 bits per heavy atom. The SMILES string of the molecule is C/C=C/C=CC(C)C1CCC(C(CCC)CCC)CC1.C=CC. The molecule has 0 nitrogen and oxygen atoms in total. The van der Waals surface area contributed by atoms with E-state index < -0.39 is 0 Å². The smallest absolute Gasteiger partial charge is 0.0230 e. The van der Waals surface area contributed by atoms with Crippen LogP contribution in [0.25, 0.3) is 0 Å². The maximum Gasteiger partial charge on any atom is -0.0230 e. The van der Waals surface area contributed by atoms with Crippen molar-refractivity contribution in [3.63, 3.8) is 0 Å². The van der Waals surface area contributed by atoms with Gasteiger partial charge in [0.05, 0.1) is 0 Å². The van der Waals surface area contributed by atoms with Crippen LogP contribution in [0.4, 0.5) is 0 Å². The summed E-state index contributed by atoms with van der Waals surface area (Å²) < 4.78 is 0. The van der Waals surface area contributed by atoms with E-state index in [2.05, 4.69) is 58.6 Å². The van der Waals surface area contributed by atoms with Crippen LogP contribution in [0.3, 0.4) is 0 Å². The summed E-state index contributed by atoms with van der Waals surface area (Å²) in [5, 5.41) is 0. The molecule has 0 aromatic heterocycles. The van der Waals surface area contributed by atoms with E-state index in [9.17, 15) is 0 Å². The summed E-state index contributed by atoms with van der Waals surface area (Å²) in [6, 6.07) is 0. The highest BCUT2D eigenvalue weighted by Crippen LogP contribution is 2.40. The van der Waals surface area contributed by atoms with E-state index in [1.54, 1.807) is 6.08 Å². The Kier molecular flexibility index (Phi) is 14.3. The highest BCUT2D eigenvalue weighted by molar-refractivity contribution is 5.03. The predicted octanol–water partition coefficient (Wildman–Crippen LogP) is 7.97. The third kappa shape index (κ3) is 9.84. The zero-order chi connectivity index (χ0) is 17.5. The molecule has 23 heavy (non-hydrogen) atoms. The lowest BCUT2D eigenvalue weighted by Gasteiger charge is -2.35. The summed E-state index contributed by atoms with van der Waals surface area (Å²) in [4.78, 5) is 0. The molecule has 1 aliphatic carbocycles. The lowest BCUT2D eigenvalue weighted by molar-refractivity contribution is 0.168. The summed E-state index contributed by atoms with van der Waals surface area (Å²) in [5.41, 5.74) is 0. The van der Waals surface area contributed by atoms with Gasteiger partial charge in [-0.05, 0) is 63.2 Å². The van der Waals surface area contributed by atoms with Crippen LogP contribution in [-0.2, 0) is 0 Å². The van der Waals surface area contributed by atoms with E-state index >= 15 is 0 Å². The average Bonchev–Trinajstić information content (AvgIpc) is 2.56. The number of allylic oxidation sites excluding steroid dienone is 5. The number of hydrogen-bond acceptors (Lipinski definition) is 0. The minimum absolute atomic E-state index is 0.753. The summed E-state index contributed by atoms with van der Waals surface area (Å²) in [5.74, 6) is 3.72. The van der Waals surface area contributed by atoms with Gasteiger partial charge in [0.1, 0.15) is 0 Å². The number of rotatable bonds is 8. The molecule has 0 saturated heterocycles. The minimum atomic E-state index is 0.753. The molecule has 1 atom stereocenters. The number of hydrogen-bond donors (Lipinski definition) is 0. The molecule has 0 bridgehead atoms. The average molecular weight is 319 g/mol. The first-order chi connectivity index (χ1) is 11.1. The van der Waals surface area contributed by atoms with Gasteiger partial charge in [-0.15, -0.1) is 6.58 Å². The van der Waals surface area contributed by atoms with E-state index in [1.165, 1.54) is 51.4 Å². The highest BCUT2D eigenvalue weighted by atomic mass is 14.3. The molecule has 134 valence electrons. The van der Waals surface area contributed by atoms with Crippen molar-refractivity contribution in [1.29, 1.82) is 0 Å². The van der Waals surface area contributed by atoms with Crippen LogP contribution in [0.5, 0.6) is 0 Å². The predicted molar refractivity (Wildman–Crippen MR) is 108 cm³/mol. The minimum Gasteiger partial charge on any atom is -0.103 e. The molecule has 0 amide bonds. The second-order valence-electron chi connectivity index (χ2n) is 7.19. The van der Waals surface area contributed by atoms with Gasteiger partial charge in [0, 0.05) is 0 Å². The van der Waals surface area contributed by atoms with Crippen LogP contribution in [0.2, 0.25) is 0 Å². The van der Waals surface area contributed by atoms with Crippen LogP contribution in [0.1, 0.15) is 86.0 Å². The Labute approximate surface area is 147 Å². The molecule has 1 unspecified atom stereocenters. The normalized spacial score (nSPS) is 23.0. The summed E-state index contributed by atoms with van der Waals surface area (Å²) in [7, 11) is 0. The van der Waals surface area contributed by atoms with Gasteiger partial charge in [0.25, 0.3) is 0 Å². The van der Waals surface area contributed by atoms with E-state index in [4.69, 9.17) is 0 Å². The largest absolute Gasteiger partial charge is 0.103 e. The Morgan fingerprint density at radius 2 is 1.39 bits per heavy atom. The fourth-order valence-electron chi connectivity index (χ4n) is 4.01. The van der Waals surface area contributed by atoms with Crippen LogP contribution in [0, 0.1) is 23.7 Å². The van der Waals surface area contributed by atoms with Crippen molar-refractivity contribution in [2.75, 3.05) is 0 Å². The van der Waals surface area contributed by atoms with Gasteiger partial charge in [-0.25, -0.2) is 0 Å². The molecule has 0 heterocycles. The molecule has 0 spiro atoms. The highest BCUT2D eigenvalue weighted by Gasteiger charge is 2.28. The third-order valence-electron chi connectivity index (χ3n) is 5.26. The lowest BCUT2D eigenvalue weighted by Crippen LogP contribution is -2.24. The lowest BCUT2D eigenvalue weighted by atomic mass is 9.70. The van der Waals surface area contributed by atoms with Crippen molar-refractivity contribution in [3.05, 3.63) is 37.0 Å². The first-order valence-electron chi connectivity index (χ1n) is 10.0. The van der Waals surface area contributed by atoms with Crippen LogP contribution < -0.4 is 0 Å². The summed E-state index contributed by atoms with van der Waals surface area (Å²) in [6.07, 6.45) is 22.2. The molecule has 0 radical (unpaired) electrons. The van der Waals surface area contributed by atoms with E-state index in [-0.39, 0.29) is 0 Å². The first kappa shape index (κ1) is 22.2. The monoisotopic (exact) mass is 318 g/mol. The van der Waals surface area contributed by atoms with Crippen molar-refractivity contribution < 1.29 is 0 Å². The van der Waals surface area contributed by atoms with Crippen molar-refractivity contribution in [3.8, 4) is 0 Å². The van der Waals surface area contributed by atoms with Crippen LogP contribution >= 0.6 is 0 Å². The zero-order valence-electron chi connectivity index (χ0n) is 16.6. The van der Waals surface area contributed by atoms with Gasteiger partial charge in [-0.3, -0.25) is 0 Å². The van der Waals surface area contributed by atoms with Gasteiger partial charge in [0.2, 0.25) is 0 Å². The van der Waals surface area contributed by atoms with Gasteiger partial charge >= 0.3 is 0 Å². The third-order valence-corrected chi connectivity index (χ3v) is 5.26. The quantitative estimate of drug-likeness (QED) is 0.314. The fourth-order valence-corrected chi connectivity index (χ4v) is 4.01. The first-order valence-corrected chi connectivity index (χ1v) is 10.0. The molecule has 1 aliphatic rings. The maximum atomic E-state index is 3.36. The topological polar surface area (TPSA) is 0 Å². The molecule has 1 rings (SSSR count). The van der Waals surface area contributed by atoms with E-state index in [0.717, 1.165) is 23.7 Å². The van der Waals surface area contributed by atoms with Gasteiger partial charge < -0.3 is 0 Å². The molecule has 1 fully saturated rings. The standard InChI is InChI=1S/C20H36.C3H6/c1-5-8-9-12-17(4)18-13-15-20(16-14-18)19(10-6-2)11-7-3;1-3-2/h5,8-9,12,17-20H,6-7,10-11,13-16H2,1-4H3;3H,1H2,2H3/b8-5+,12-9?;. The Bertz CT molecular complexity index is 309. The summed E-state index contributed by atoms with van der Waals surface area (Å²) >= 11 is 0. The van der Waals surface area contributed by atoms with Gasteiger partial charge in [-0.2, -0.15) is 0 Å². The Balaban J connectivity index is 0.00000149. The van der Waals surface area contributed by atoms with Crippen molar-refractivity contribution in [2.24, 2.45) is 23.7 Å². The van der Waals surface area contributed by atoms with Gasteiger partial charge in [-0.1, -0.05) is 76.8 Å². The van der Waals surface area contributed by atoms with Crippen molar-refractivity contribution >= 4 is 0 Å². The van der Waals surface area contributed by atoms with Crippen LogP contribution in [0.15, 0.2) is 37.0 Å². The van der Waals surface area contributed by atoms with E-state index in [1.807, 2.05) is 6.92 Å². The molecule has 0 aromatic rings. The molecular formula is C23H42. The van der Waals surface area contributed by atoms with Crippen molar-refractivity contribution in [2.45, 2.75) is 86.0 Å². The second kappa shape index (κ2) is 14.8. The van der Waals surface area contributed by atoms with E-state index in [0.29, 0.717) is 0 Å². The zero-order valence-corrected chi connectivity index (χ0v) is 16.6. The van der Waals surface area contributed by atoms with Crippen molar-refractivity contribution in [1.82, 2.24) is 0 Å². The van der Waals surface area contributed by atoms with Gasteiger partial charge in [0.15, 0.2) is 0 Å².